The van der Waals surface area contributed by atoms with Crippen molar-refractivity contribution in [2.24, 2.45) is 0 Å². The van der Waals surface area contributed by atoms with E-state index in [1.54, 1.807) is 6.92 Å². The number of rotatable bonds is 4. The second kappa shape index (κ2) is 15.7. The molecule has 0 nitrogen and oxygen atoms in total. The Morgan fingerprint density at radius 2 is 1.43 bits per heavy atom. The van der Waals surface area contributed by atoms with Crippen LogP contribution in [0.5, 0.6) is 0 Å². The van der Waals surface area contributed by atoms with Gasteiger partial charge in [0.2, 0.25) is 0 Å². The summed E-state index contributed by atoms with van der Waals surface area (Å²) in [6, 6.07) is 0. The van der Waals surface area contributed by atoms with Crippen LogP contribution in [0, 0.1) is 0 Å². The Kier molecular flexibility index (Phi) is 19.9. The fourth-order valence-electron chi connectivity index (χ4n) is 0.671. The molecule has 0 aliphatic heterocycles. The van der Waals surface area contributed by atoms with Crippen molar-refractivity contribution in [3.05, 3.63) is 12.2 Å². The zero-order valence-corrected chi connectivity index (χ0v) is 16.6. The molecule has 0 spiro atoms. The summed E-state index contributed by atoms with van der Waals surface area (Å²) >= 11 is 4.41. The largest absolute Gasteiger partial charge is 0.409 e. The van der Waals surface area contributed by atoms with E-state index in [0.29, 0.717) is 12.8 Å². The van der Waals surface area contributed by atoms with Gasteiger partial charge in [-0.15, -0.1) is 0 Å². The predicted molar refractivity (Wildman–Crippen MR) is 93.4 cm³/mol. The quantitative estimate of drug-likeness (QED) is 0.113. The zero-order chi connectivity index (χ0) is 17.5. The van der Waals surface area contributed by atoms with Crippen LogP contribution in [-0.2, 0) is 0 Å². The number of unbranched alkanes of at least 4 members (excludes halogenated alkanes) is 1. The molecule has 0 rings (SSSR count). The van der Waals surface area contributed by atoms with E-state index in [-0.39, 0.29) is 12.5 Å². The molecule has 0 fully saturated rings. The van der Waals surface area contributed by atoms with E-state index in [4.69, 9.17) is 0 Å². The molecule has 0 aromatic heterocycles. The third kappa shape index (κ3) is 52.8. The van der Waals surface area contributed by atoms with E-state index in [1.165, 1.54) is 0 Å². The van der Waals surface area contributed by atoms with Gasteiger partial charge in [0.15, 0.2) is 0 Å². The summed E-state index contributed by atoms with van der Waals surface area (Å²) in [5.41, 5.74) is 0. The molecular formula is C13H22F6I2. The second-order valence-corrected chi connectivity index (χ2v) is 7.70. The van der Waals surface area contributed by atoms with Crippen molar-refractivity contribution < 1.29 is 26.3 Å². The van der Waals surface area contributed by atoms with E-state index in [1.807, 2.05) is 0 Å². The Bertz CT molecular complexity index is 231. The van der Waals surface area contributed by atoms with Crippen LogP contribution in [0.4, 0.5) is 26.3 Å². The van der Waals surface area contributed by atoms with Gasteiger partial charge in [-0.3, -0.25) is 0 Å². The molecule has 0 atom stereocenters. The first kappa shape index (κ1) is 26.7. The number of hydrogen-bond acceptors (Lipinski definition) is 0. The molecule has 21 heavy (non-hydrogen) atoms. The Morgan fingerprint density at radius 3 is 1.62 bits per heavy atom. The minimum absolute atomic E-state index is 0.243. The van der Waals surface area contributed by atoms with Gasteiger partial charge in [0.1, 0.15) is 0 Å². The van der Waals surface area contributed by atoms with Crippen LogP contribution < -0.4 is 0 Å². The normalized spacial score (nSPS) is 11.8. The van der Waals surface area contributed by atoms with Crippen LogP contribution >= 0.6 is 45.2 Å². The minimum atomic E-state index is -4.13. The molecule has 0 aliphatic carbocycles. The predicted octanol–water partition coefficient (Wildman–Crippen LogP) is 7.50. The SMILES string of the molecule is CC(C)I.CCC=CC(F)(F)F.FC(F)(F)CCCCI. The van der Waals surface area contributed by atoms with Crippen LogP contribution in [0.15, 0.2) is 12.2 Å². The van der Waals surface area contributed by atoms with Crippen molar-refractivity contribution in [1.82, 2.24) is 0 Å². The number of alkyl halides is 8. The molecule has 0 aliphatic rings. The van der Waals surface area contributed by atoms with Gasteiger partial charge < -0.3 is 0 Å². The molecule has 8 heteroatoms. The maximum Gasteiger partial charge on any atom is 0.409 e. The van der Waals surface area contributed by atoms with Gasteiger partial charge >= 0.3 is 12.4 Å². The van der Waals surface area contributed by atoms with Crippen LogP contribution in [0.1, 0.15) is 46.5 Å². The lowest BCUT2D eigenvalue weighted by Crippen LogP contribution is -2.06. The molecule has 0 amide bonds. The summed E-state index contributed by atoms with van der Waals surface area (Å²) in [7, 11) is 0. The molecule has 0 N–H and O–H groups in total. The van der Waals surface area contributed by atoms with Crippen molar-refractivity contribution >= 4 is 45.2 Å². The average molecular weight is 546 g/mol. The third-order valence-corrected chi connectivity index (χ3v) is 2.15. The standard InChI is InChI=1S/C5H8F3I.C5H7F3.C3H7I/c6-5(7,8)3-1-2-4-9;1-2-3-4-5(6,7)8;1-3(2)4/h1-4H2;3-4H,2H2,1H3;3H,1-2H3. The smallest absolute Gasteiger partial charge is 0.171 e. The van der Waals surface area contributed by atoms with E-state index in [0.717, 1.165) is 14.4 Å². The molecule has 0 heterocycles. The molecule has 130 valence electrons. The monoisotopic (exact) mass is 546 g/mol. The highest BCUT2D eigenvalue weighted by Crippen LogP contribution is 2.22. The van der Waals surface area contributed by atoms with Gasteiger partial charge in [0.05, 0.1) is 0 Å². The summed E-state index contributed by atoms with van der Waals surface area (Å²) in [5, 5.41) is 0. The molecule has 0 saturated carbocycles. The number of allylic oxidation sites excluding steroid dienone is 2. The van der Waals surface area contributed by atoms with Gasteiger partial charge in [-0.1, -0.05) is 72.0 Å². The van der Waals surface area contributed by atoms with Crippen LogP contribution in [0.25, 0.3) is 0 Å². The second-order valence-electron chi connectivity index (χ2n) is 4.13. The van der Waals surface area contributed by atoms with Gasteiger partial charge in [-0.05, 0) is 23.7 Å². The number of halogens is 8. The molecule has 0 aromatic carbocycles. The highest BCUT2D eigenvalue weighted by atomic mass is 127. The van der Waals surface area contributed by atoms with Crippen molar-refractivity contribution in [3.63, 3.8) is 0 Å². The first-order valence-corrected chi connectivity index (χ1v) is 9.14. The molecule has 0 radical (unpaired) electrons. The lowest BCUT2D eigenvalue weighted by molar-refractivity contribution is -0.135. The van der Waals surface area contributed by atoms with Crippen LogP contribution in [-0.4, -0.2) is 20.7 Å². The van der Waals surface area contributed by atoms with Crippen molar-refractivity contribution in [3.8, 4) is 0 Å². The lowest BCUT2D eigenvalue weighted by Gasteiger charge is -2.02. The van der Waals surface area contributed by atoms with E-state index in [9.17, 15) is 26.3 Å². The van der Waals surface area contributed by atoms with E-state index in [2.05, 4.69) is 59.0 Å². The molecular weight excluding hydrogens is 524 g/mol. The minimum Gasteiger partial charge on any atom is -0.171 e. The maximum atomic E-state index is 11.4. The van der Waals surface area contributed by atoms with Crippen LogP contribution in [0.3, 0.4) is 0 Å². The summed E-state index contributed by atoms with van der Waals surface area (Å²) in [4.78, 5) is 0. The average Bonchev–Trinajstić information content (AvgIpc) is 2.24. The fourth-order valence-corrected chi connectivity index (χ4v) is 1.21. The first-order chi connectivity index (χ1) is 9.35. The maximum absolute atomic E-state index is 11.4. The number of hydrogen-bond donors (Lipinski definition) is 0. The van der Waals surface area contributed by atoms with E-state index < -0.39 is 18.8 Å². The Labute approximate surface area is 150 Å². The van der Waals surface area contributed by atoms with Crippen molar-refractivity contribution in [2.45, 2.75) is 62.7 Å². The van der Waals surface area contributed by atoms with Crippen molar-refractivity contribution in [2.75, 3.05) is 4.43 Å². The summed E-state index contributed by atoms with van der Waals surface area (Å²) in [6.07, 6.45) is -6.02. The Hall–Kier alpha value is 0.780. The molecule has 0 unspecified atom stereocenters. The summed E-state index contributed by atoms with van der Waals surface area (Å²) < 4.78 is 69.2. The zero-order valence-electron chi connectivity index (χ0n) is 12.3. The van der Waals surface area contributed by atoms with E-state index >= 15 is 0 Å². The Balaban J connectivity index is -0.000000249. The van der Waals surface area contributed by atoms with Gasteiger partial charge in [-0.2, -0.15) is 26.3 Å². The Morgan fingerprint density at radius 1 is 1.00 bits per heavy atom. The topological polar surface area (TPSA) is 0 Å². The highest BCUT2D eigenvalue weighted by molar-refractivity contribution is 14.1. The van der Waals surface area contributed by atoms with Crippen molar-refractivity contribution in [1.29, 1.82) is 0 Å². The van der Waals surface area contributed by atoms with Gasteiger partial charge in [0.25, 0.3) is 0 Å². The lowest BCUT2D eigenvalue weighted by atomic mass is 10.2. The van der Waals surface area contributed by atoms with Gasteiger partial charge in [0, 0.05) is 16.4 Å². The molecule has 0 saturated heterocycles. The first-order valence-electron chi connectivity index (χ1n) is 6.36. The van der Waals surface area contributed by atoms with Crippen LogP contribution in [0.2, 0.25) is 0 Å². The fraction of sp³-hybridized carbons (Fsp3) is 0.846. The summed E-state index contributed by atoms with van der Waals surface area (Å²) in [6.45, 7) is 5.96. The highest BCUT2D eigenvalue weighted by Gasteiger charge is 2.25. The van der Waals surface area contributed by atoms with Gasteiger partial charge in [-0.25, -0.2) is 0 Å². The third-order valence-electron chi connectivity index (χ3n) is 1.39. The summed E-state index contributed by atoms with van der Waals surface area (Å²) in [5.74, 6) is 0. The molecule has 0 bridgehead atoms. The molecule has 0 aromatic rings.